The van der Waals surface area contributed by atoms with Crippen LogP contribution in [0.15, 0.2) is 0 Å². The number of hydroxylamine groups is 1. The summed E-state index contributed by atoms with van der Waals surface area (Å²) in [6, 6.07) is 0. The van der Waals surface area contributed by atoms with Crippen LogP contribution in [0.3, 0.4) is 0 Å². The first-order valence-corrected chi connectivity index (χ1v) is 4.86. The van der Waals surface area contributed by atoms with Gasteiger partial charge >= 0.3 is 5.97 Å². The standard InChI is InChI=1S/C9H17NO3/c1-2-3-5-10-13-9(11)8-4-6-12-7-8/h8,10H,2-7H2,1H3/t8-/m0/s1. The van der Waals surface area contributed by atoms with Crippen LogP contribution < -0.4 is 5.48 Å². The van der Waals surface area contributed by atoms with E-state index in [2.05, 4.69) is 12.4 Å². The number of ether oxygens (including phenoxy) is 1. The molecule has 0 unspecified atom stereocenters. The molecule has 1 aliphatic heterocycles. The van der Waals surface area contributed by atoms with Crippen molar-refractivity contribution < 1.29 is 14.4 Å². The van der Waals surface area contributed by atoms with E-state index in [1.54, 1.807) is 0 Å². The molecular weight excluding hydrogens is 170 g/mol. The molecule has 4 nitrogen and oxygen atoms in total. The number of rotatable bonds is 5. The largest absolute Gasteiger partial charge is 0.381 e. The highest BCUT2D eigenvalue weighted by Crippen LogP contribution is 2.12. The summed E-state index contributed by atoms with van der Waals surface area (Å²) in [6.07, 6.45) is 2.90. The first-order chi connectivity index (χ1) is 6.34. The maximum atomic E-state index is 11.2. The number of carbonyl (C=O) groups excluding carboxylic acids is 1. The highest BCUT2D eigenvalue weighted by molar-refractivity contribution is 5.72. The van der Waals surface area contributed by atoms with Gasteiger partial charge in [0.1, 0.15) is 0 Å². The molecule has 13 heavy (non-hydrogen) atoms. The Labute approximate surface area is 78.5 Å². The van der Waals surface area contributed by atoms with E-state index in [4.69, 9.17) is 9.57 Å². The maximum absolute atomic E-state index is 11.2. The van der Waals surface area contributed by atoms with Gasteiger partial charge in [0.2, 0.25) is 0 Å². The molecule has 0 amide bonds. The molecule has 4 heteroatoms. The highest BCUT2D eigenvalue weighted by Gasteiger charge is 2.24. The Morgan fingerprint density at radius 2 is 2.54 bits per heavy atom. The number of hydrogen-bond donors (Lipinski definition) is 1. The molecule has 0 aromatic rings. The minimum absolute atomic E-state index is 0.0610. The van der Waals surface area contributed by atoms with Crippen LogP contribution in [0.2, 0.25) is 0 Å². The molecule has 1 atom stereocenters. The van der Waals surface area contributed by atoms with E-state index in [1.807, 2.05) is 0 Å². The Kier molecular flexibility index (Phi) is 4.78. The Hall–Kier alpha value is -0.610. The normalized spacial score (nSPS) is 21.8. The van der Waals surface area contributed by atoms with Crippen LogP contribution >= 0.6 is 0 Å². The zero-order valence-electron chi connectivity index (χ0n) is 8.04. The topological polar surface area (TPSA) is 47.6 Å². The van der Waals surface area contributed by atoms with Crippen molar-refractivity contribution in [3.05, 3.63) is 0 Å². The van der Waals surface area contributed by atoms with Crippen LogP contribution in [-0.2, 0) is 14.4 Å². The van der Waals surface area contributed by atoms with Crippen molar-refractivity contribution in [1.29, 1.82) is 0 Å². The lowest BCUT2D eigenvalue weighted by atomic mass is 10.1. The van der Waals surface area contributed by atoms with Crippen molar-refractivity contribution in [2.45, 2.75) is 26.2 Å². The summed E-state index contributed by atoms with van der Waals surface area (Å²) in [5.74, 6) is -0.247. The molecule has 0 aromatic carbocycles. The number of carbonyl (C=O) groups is 1. The molecule has 0 bridgehead atoms. The molecule has 0 saturated carbocycles. The third-order valence-electron chi connectivity index (χ3n) is 2.07. The van der Waals surface area contributed by atoms with Gasteiger partial charge in [0.05, 0.1) is 12.5 Å². The van der Waals surface area contributed by atoms with Crippen molar-refractivity contribution in [2.24, 2.45) is 5.92 Å². The van der Waals surface area contributed by atoms with Crippen molar-refractivity contribution in [3.63, 3.8) is 0 Å². The van der Waals surface area contributed by atoms with Crippen LogP contribution in [0.4, 0.5) is 0 Å². The van der Waals surface area contributed by atoms with E-state index in [-0.39, 0.29) is 11.9 Å². The lowest BCUT2D eigenvalue weighted by Gasteiger charge is -2.07. The van der Waals surface area contributed by atoms with Crippen LogP contribution in [-0.4, -0.2) is 25.7 Å². The Morgan fingerprint density at radius 1 is 1.69 bits per heavy atom. The van der Waals surface area contributed by atoms with Crippen molar-refractivity contribution in [3.8, 4) is 0 Å². The molecule has 76 valence electrons. The molecule has 1 heterocycles. The second-order valence-electron chi connectivity index (χ2n) is 3.23. The highest BCUT2D eigenvalue weighted by atomic mass is 16.7. The number of hydrogen-bond acceptors (Lipinski definition) is 4. The smallest absolute Gasteiger partial charge is 0.330 e. The molecule has 0 spiro atoms. The van der Waals surface area contributed by atoms with Gasteiger partial charge in [-0.2, -0.15) is 5.48 Å². The number of nitrogens with one attached hydrogen (secondary N) is 1. The van der Waals surface area contributed by atoms with Gasteiger partial charge in [-0.05, 0) is 12.8 Å². The van der Waals surface area contributed by atoms with E-state index in [0.29, 0.717) is 13.2 Å². The second kappa shape index (κ2) is 5.94. The lowest BCUT2D eigenvalue weighted by Crippen LogP contribution is -2.26. The van der Waals surface area contributed by atoms with E-state index >= 15 is 0 Å². The minimum atomic E-state index is -0.186. The number of unbranched alkanes of at least 4 members (excludes halogenated alkanes) is 1. The zero-order chi connectivity index (χ0) is 9.52. The molecule has 0 aliphatic carbocycles. The van der Waals surface area contributed by atoms with E-state index < -0.39 is 0 Å². The molecule has 1 aliphatic rings. The first kappa shape index (κ1) is 10.5. The van der Waals surface area contributed by atoms with Gasteiger partial charge in [-0.3, -0.25) is 0 Å². The molecule has 1 saturated heterocycles. The third-order valence-corrected chi connectivity index (χ3v) is 2.07. The quantitative estimate of drug-likeness (QED) is 0.512. The Morgan fingerprint density at radius 3 is 3.15 bits per heavy atom. The summed E-state index contributed by atoms with van der Waals surface area (Å²) in [4.78, 5) is 16.1. The van der Waals surface area contributed by atoms with Crippen LogP contribution in [0, 0.1) is 5.92 Å². The summed E-state index contributed by atoms with van der Waals surface area (Å²) in [6.45, 7) is 4.01. The fraction of sp³-hybridized carbons (Fsp3) is 0.889. The first-order valence-electron chi connectivity index (χ1n) is 4.86. The second-order valence-corrected chi connectivity index (χ2v) is 3.23. The summed E-state index contributed by atoms with van der Waals surface area (Å²) in [5.41, 5.74) is 2.66. The van der Waals surface area contributed by atoms with Gasteiger partial charge in [0.15, 0.2) is 0 Å². The zero-order valence-corrected chi connectivity index (χ0v) is 8.04. The fourth-order valence-corrected chi connectivity index (χ4v) is 1.17. The summed E-state index contributed by atoms with van der Waals surface area (Å²) in [5, 5.41) is 0. The monoisotopic (exact) mass is 187 g/mol. The third kappa shape index (κ3) is 3.74. The van der Waals surface area contributed by atoms with E-state index in [1.165, 1.54) is 0 Å². The molecule has 0 aromatic heterocycles. The van der Waals surface area contributed by atoms with Crippen LogP contribution in [0.25, 0.3) is 0 Å². The SMILES string of the molecule is CCCCNOC(=O)[C@H]1CCOC1. The van der Waals surface area contributed by atoms with Gasteiger partial charge in [0.25, 0.3) is 0 Å². The summed E-state index contributed by atoms with van der Waals surface area (Å²) in [7, 11) is 0. The fourth-order valence-electron chi connectivity index (χ4n) is 1.17. The molecule has 1 N–H and O–H groups in total. The van der Waals surface area contributed by atoms with Crippen molar-refractivity contribution in [1.82, 2.24) is 5.48 Å². The predicted molar refractivity (Wildman–Crippen MR) is 47.9 cm³/mol. The van der Waals surface area contributed by atoms with E-state index in [0.717, 1.165) is 25.8 Å². The minimum Gasteiger partial charge on any atom is -0.381 e. The van der Waals surface area contributed by atoms with E-state index in [9.17, 15) is 4.79 Å². The molecular formula is C9H17NO3. The lowest BCUT2D eigenvalue weighted by molar-refractivity contribution is -0.156. The van der Waals surface area contributed by atoms with Crippen LogP contribution in [0.5, 0.6) is 0 Å². The predicted octanol–water partition coefficient (Wildman–Crippen LogP) is 0.871. The molecule has 1 rings (SSSR count). The average Bonchev–Trinajstić information content (AvgIpc) is 2.65. The average molecular weight is 187 g/mol. The molecule has 1 fully saturated rings. The van der Waals surface area contributed by atoms with Gasteiger partial charge in [-0.15, -0.1) is 0 Å². The molecule has 0 radical (unpaired) electrons. The van der Waals surface area contributed by atoms with Gasteiger partial charge < -0.3 is 9.57 Å². The van der Waals surface area contributed by atoms with Gasteiger partial charge in [-0.25, -0.2) is 4.79 Å². The van der Waals surface area contributed by atoms with Gasteiger partial charge in [-0.1, -0.05) is 13.3 Å². The summed E-state index contributed by atoms with van der Waals surface area (Å²) >= 11 is 0. The van der Waals surface area contributed by atoms with Gasteiger partial charge in [0, 0.05) is 13.2 Å². The Bertz CT molecular complexity index is 155. The summed E-state index contributed by atoms with van der Waals surface area (Å²) < 4.78 is 5.08. The van der Waals surface area contributed by atoms with Crippen molar-refractivity contribution >= 4 is 5.97 Å². The maximum Gasteiger partial charge on any atom is 0.330 e. The Balaban J connectivity index is 2.03. The van der Waals surface area contributed by atoms with Crippen molar-refractivity contribution in [2.75, 3.05) is 19.8 Å². The van der Waals surface area contributed by atoms with Crippen LogP contribution in [0.1, 0.15) is 26.2 Å².